The predicted octanol–water partition coefficient (Wildman–Crippen LogP) is 1.60. The molecule has 0 spiro atoms. The van der Waals surface area contributed by atoms with Gasteiger partial charge in [-0.15, -0.1) is 4.99 Å². The highest BCUT2D eigenvalue weighted by Gasteiger charge is 2.58. The van der Waals surface area contributed by atoms with Crippen molar-refractivity contribution < 1.29 is 28.3 Å². The summed E-state index contributed by atoms with van der Waals surface area (Å²) in [5.41, 5.74) is 6.05. The predicted molar refractivity (Wildman–Crippen MR) is 99.3 cm³/mol. The maximum absolute atomic E-state index is 12.7. The van der Waals surface area contributed by atoms with Crippen LogP contribution in [0.25, 0.3) is 0 Å². The van der Waals surface area contributed by atoms with Crippen molar-refractivity contribution in [3.8, 4) is 0 Å². The first-order valence-corrected chi connectivity index (χ1v) is 9.62. The number of nitrogens with zero attached hydrogens (tertiary/aromatic N) is 2. The van der Waals surface area contributed by atoms with Crippen LogP contribution in [0.15, 0.2) is 35.0 Å². The molecule has 0 radical (unpaired) electrons. The van der Waals surface area contributed by atoms with E-state index in [1.165, 1.54) is 18.6 Å². The van der Waals surface area contributed by atoms with Crippen LogP contribution in [0.5, 0.6) is 0 Å². The fourth-order valence-corrected chi connectivity index (χ4v) is 4.38. The second-order valence-corrected chi connectivity index (χ2v) is 8.11. The Kier molecular flexibility index (Phi) is 4.79. The van der Waals surface area contributed by atoms with Gasteiger partial charge in [-0.1, -0.05) is 19.3 Å². The quantitative estimate of drug-likeness (QED) is 0.448. The average Bonchev–Trinajstić information content (AvgIpc) is 2.94. The van der Waals surface area contributed by atoms with E-state index in [9.17, 15) is 14.4 Å². The summed E-state index contributed by atoms with van der Waals surface area (Å²) in [6.45, 7) is 0. The highest BCUT2D eigenvalue weighted by atomic mass is 16.6. The second-order valence-electron chi connectivity index (χ2n) is 8.11. The molecule has 0 aromatic rings. The van der Waals surface area contributed by atoms with E-state index in [-0.39, 0.29) is 22.3 Å². The topological polar surface area (TPSA) is 108 Å². The number of ether oxygens (including phenoxy) is 2. The van der Waals surface area contributed by atoms with E-state index in [0.29, 0.717) is 17.9 Å². The molecule has 0 aromatic carbocycles. The highest BCUT2D eigenvalue weighted by Crippen LogP contribution is 2.44. The molecule has 0 bridgehead atoms. The van der Waals surface area contributed by atoms with Gasteiger partial charge in [0.15, 0.2) is 6.10 Å². The van der Waals surface area contributed by atoms with Gasteiger partial charge >= 0.3 is 12.0 Å². The van der Waals surface area contributed by atoms with Gasteiger partial charge in [-0.3, -0.25) is 0 Å². The van der Waals surface area contributed by atoms with E-state index in [2.05, 4.69) is 4.99 Å². The summed E-state index contributed by atoms with van der Waals surface area (Å²) in [6, 6.07) is -0.479. The number of rotatable bonds is 3. The van der Waals surface area contributed by atoms with Gasteiger partial charge in [0.05, 0.1) is 13.2 Å². The molecule has 1 saturated heterocycles. The maximum atomic E-state index is 12.7. The Balaban J connectivity index is 1.70. The molecule has 5 unspecified atom stereocenters. The molecular weight excluding hydrogens is 362 g/mol. The number of amides is 2. The summed E-state index contributed by atoms with van der Waals surface area (Å²) < 4.78 is 11.8. The fourth-order valence-electron chi connectivity index (χ4n) is 4.38. The molecule has 148 valence electrons. The van der Waals surface area contributed by atoms with Gasteiger partial charge in [0.25, 0.3) is 0 Å². The number of amidine groups is 1. The zero-order chi connectivity index (χ0) is 19.9. The van der Waals surface area contributed by atoms with E-state index in [1.807, 2.05) is 5.94 Å². The number of quaternary nitrogens is 1. The molecule has 1 aliphatic carbocycles. The van der Waals surface area contributed by atoms with Gasteiger partial charge in [0.2, 0.25) is 6.23 Å². The summed E-state index contributed by atoms with van der Waals surface area (Å²) in [6.07, 6.45) is 8.88. The van der Waals surface area contributed by atoms with Gasteiger partial charge < -0.3 is 15.2 Å². The minimum atomic E-state index is -0.751. The van der Waals surface area contributed by atoms with Crippen LogP contribution in [0.2, 0.25) is 0 Å². The first-order chi connectivity index (χ1) is 13.4. The third kappa shape index (κ3) is 3.24. The monoisotopic (exact) mass is 386 g/mol. The van der Waals surface area contributed by atoms with E-state index in [0.717, 1.165) is 19.3 Å². The van der Waals surface area contributed by atoms with Crippen LogP contribution in [0.3, 0.4) is 0 Å². The molecule has 3 aliphatic heterocycles. The lowest BCUT2D eigenvalue weighted by Gasteiger charge is -2.35. The normalized spacial score (nSPS) is 39.2. The molecule has 2 fully saturated rings. The molecule has 0 aromatic heterocycles. The molecule has 4 aliphatic rings. The van der Waals surface area contributed by atoms with Crippen molar-refractivity contribution in [3.05, 3.63) is 30.0 Å². The van der Waals surface area contributed by atoms with E-state index in [4.69, 9.17) is 15.2 Å². The zero-order valence-corrected chi connectivity index (χ0v) is 15.7. The number of hydrogen-bond donors (Lipinski definition) is 1. The third-order valence-electron chi connectivity index (χ3n) is 6.27. The minimum absolute atomic E-state index is 0.130. The van der Waals surface area contributed by atoms with Crippen LogP contribution < -0.4 is 5.73 Å². The number of carbonyl (C=O) groups is 2. The van der Waals surface area contributed by atoms with Crippen molar-refractivity contribution >= 4 is 23.8 Å². The van der Waals surface area contributed by atoms with Crippen molar-refractivity contribution in [2.45, 2.75) is 50.5 Å². The summed E-state index contributed by atoms with van der Waals surface area (Å²) >= 11 is 0. The Labute approximate surface area is 162 Å². The molecule has 28 heavy (non-hydrogen) atoms. The van der Waals surface area contributed by atoms with Crippen LogP contribution >= 0.6 is 0 Å². The zero-order valence-electron chi connectivity index (χ0n) is 15.7. The highest BCUT2D eigenvalue weighted by molar-refractivity contribution is 5.99. The number of aliphatic imine (C=N–C) groups is 1. The number of fused-ring (bicyclic) bond motifs is 1. The van der Waals surface area contributed by atoms with E-state index < -0.39 is 24.3 Å². The molecule has 3 heterocycles. The summed E-state index contributed by atoms with van der Waals surface area (Å²) in [5, 5.41) is 0. The molecule has 1 saturated carbocycles. The van der Waals surface area contributed by atoms with Crippen LogP contribution in [-0.4, -0.2) is 53.7 Å². The number of nitrogens with two attached hydrogens (primary N) is 1. The Morgan fingerprint density at radius 3 is 2.71 bits per heavy atom. The number of urea groups is 1. The Hall–Kier alpha value is -2.54. The fraction of sp³-hybridized carbons (Fsp3) is 0.550. The number of carbonyl (C=O) groups excluding carboxylic acids is 3. The van der Waals surface area contributed by atoms with E-state index >= 15 is 0 Å². The lowest BCUT2D eigenvalue weighted by molar-refractivity contribution is -0.834. The first kappa shape index (κ1) is 18.8. The van der Waals surface area contributed by atoms with Crippen molar-refractivity contribution in [2.75, 3.05) is 7.05 Å². The average molecular weight is 386 g/mol. The van der Waals surface area contributed by atoms with Crippen LogP contribution in [0.4, 0.5) is 4.79 Å². The third-order valence-corrected chi connectivity index (χ3v) is 6.27. The summed E-state index contributed by atoms with van der Waals surface area (Å²) in [7, 11) is 1.67. The lowest BCUT2D eigenvalue weighted by Crippen LogP contribution is -2.58. The first-order valence-electron chi connectivity index (χ1n) is 9.62. The number of likely N-dealkylation sites (N-methyl/N-ethyl adjacent to an activating group) is 1. The van der Waals surface area contributed by atoms with Gasteiger partial charge in [0, 0.05) is 23.6 Å². The van der Waals surface area contributed by atoms with Crippen LogP contribution in [-0.2, 0) is 19.1 Å². The largest absolute Gasteiger partial charge is 0.451 e. The number of hydrogen-bond acceptors (Lipinski definition) is 6. The number of esters is 1. The van der Waals surface area contributed by atoms with Gasteiger partial charge in [0.1, 0.15) is 18.0 Å². The smallest absolute Gasteiger partial charge is 0.449 e. The SMILES string of the molecule is C[N+]1(C2OC(CC3CCC3)C3CC(=C=O)/C=C\C(=O)OC32)C=CC(N)=NC1=O. The molecule has 8 nitrogen and oxygen atoms in total. The maximum Gasteiger partial charge on any atom is 0.451 e. The van der Waals surface area contributed by atoms with Crippen molar-refractivity contribution in [1.82, 2.24) is 0 Å². The minimum Gasteiger partial charge on any atom is -0.449 e. The molecule has 4 rings (SSSR count). The molecule has 2 N–H and O–H groups in total. The summed E-state index contributed by atoms with van der Waals surface area (Å²) in [4.78, 5) is 40.1. The van der Waals surface area contributed by atoms with Crippen LogP contribution in [0.1, 0.15) is 32.1 Å². The van der Waals surface area contributed by atoms with Gasteiger partial charge in [-0.05, 0) is 24.8 Å². The molecular formula is C20H24N3O5+. The number of allylic oxidation sites excluding steroid dienone is 2. The molecule has 8 heteroatoms. The van der Waals surface area contributed by atoms with Crippen molar-refractivity contribution in [3.63, 3.8) is 0 Å². The summed E-state index contributed by atoms with van der Waals surface area (Å²) in [5.74, 6) is 1.81. The Morgan fingerprint density at radius 2 is 2.07 bits per heavy atom. The standard InChI is InChI=1S/C20H23N3O5/c1-23(8-7-16(21)22-20(23)26)19-18-14(15(27-19)10-12-3-2-4-12)9-13(11-24)5-6-17(25)28-18/h5-8,12,14-15,18-19H,2-4,9-10H2,1H3,(H-,21,22,26)/p+1/b6-5-. The Bertz CT molecular complexity index is 837. The van der Waals surface area contributed by atoms with Crippen molar-refractivity contribution in [1.29, 1.82) is 0 Å². The van der Waals surface area contributed by atoms with E-state index in [1.54, 1.807) is 19.3 Å². The lowest BCUT2D eigenvalue weighted by atomic mass is 9.77. The molecule has 2 amide bonds. The van der Waals surface area contributed by atoms with Gasteiger partial charge in [-0.25, -0.2) is 14.4 Å². The van der Waals surface area contributed by atoms with Gasteiger partial charge in [-0.2, -0.15) is 4.48 Å². The van der Waals surface area contributed by atoms with Crippen molar-refractivity contribution in [2.24, 2.45) is 22.6 Å². The molecule has 5 atom stereocenters. The Morgan fingerprint density at radius 1 is 1.29 bits per heavy atom. The second kappa shape index (κ2) is 7.13. The van der Waals surface area contributed by atoms with Crippen LogP contribution in [0, 0.1) is 11.8 Å².